The molecule has 0 aliphatic heterocycles. The molecule has 18 heavy (non-hydrogen) atoms. The highest BCUT2D eigenvalue weighted by molar-refractivity contribution is 6.74. The topological polar surface area (TPSA) is 9.23 Å². The van der Waals surface area contributed by atoms with Crippen LogP contribution in [-0.2, 0) is 11.0 Å². The lowest BCUT2D eigenvalue weighted by Gasteiger charge is -2.36. The van der Waals surface area contributed by atoms with Crippen LogP contribution >= 0.6 is 0 Å². The van der Waals surface area contributed by atoms with Gasteiger partial charge in [0.2, 0.25) is 0 Å². The van der Waals surface area contributed by atoms with Crippen LogP contribution in [-0.4, -0.2) is 8.32 Å². The molecule has 0 atom stereocenters. The SMILES string of the molecule is C#Cc1cccc(CO[Si](C)(C)C(C)(C)C)c1F. The summed E-state index contributed by atoms with van der Waals surface area (Å²) in [5, 5.41) is 0.118. The van der Waals surface area contributed by atoms with Crippen LogP contribution < -0.4 is 0 Å². The van der Waals surface area contributed by atoms with Crippen molar-refractivity contribution in [2.24, 2.45) is 0 Å². The Bertz CT molecular complexity index is 466. The minimum absolute atomic E-state index is 0.118. The number of hydrogen-bond acceptors (Lipinski definition) is 1. The molecule has 0 radical (unpaired) electrons. The van der Waals surface area contributed by atoms with Gasteiger partial charge in [0, 0.05) is 5.56 Å². The number of terminal acetylenes is 1. The van der Waals surface area contributed by atoms with Crippen molar-refractivity contribution in [2.75, 3.05) is 0 Å². The van der Waals surface area contributed by atoms with Gasteiger partial charge in [0.1, 0.15) is 5.82 Å². The first-order valence-electron chi connectivity index (χ1n) is 6.07. The second-order valence-electron chi connectivity index (χ2n) is 5.97. The van der Waals surface area contributed by atoms with Gasteiger partial charge in [-0.25, -0.2) is 4.39 Å². The molecule has 0 fully saturated rings. The van der Waals surface area contributed by atoms with Gasteiger partial charge in [-0.05, 0) is 24.2 Å². The minimum Gasteiger partial charge on any atom is -0.412 e. The minimum atomic E-state index is -1.86. The van der Waals surface area contributed by atoms with E-state index in [1.165, 1.54) is 0 Å². The Hall–Kier alpha value is -1.11. The van der Waals surface area contributed by atoms with Gasteiger partial charge in [0.05, 0.1) is 12.2 Å². The standard InChI is InChI=1S/C15H21FOSi/c1-7-12-9-8-10-13(14(12)16)11-17-18(5,6)15(2,3)4/h1,8-10H,11H2,2-6H3. The van der Waals surface area contributed by atoms with Crippen molar-refractivity contribution < 1.29 is 8.82 Å². The van der Waals surface area contributed by atoms with Gasteiger partial charge in [-0.15, -0.1) is 6.42 Å². The van der Waals surface area contributed by atoms with E-state index in [4.69, 9.17) is 10.8 Å². The largest absolute Gasteiger partial charge is 0.412 e. The maximum Gasteiger partial charge on any atom is 0.192 e. The summed E-state index contributed by atoms with van der Waals surface area (Å²) in [6.07, 6.45) is 5.25. The Kier molecular flexibility index (Phi) is 4.36. The predicted molar refractivity (Wildman–Crippen MR) is 76.3 cm³/mol. The Balaban J connectivity index is 2.86. The Labute approximate surface area is 110 Å². The molecule has 0 saturated heterocycles. The van der Waals surface area contributed by atoms with Crippen molar-refractivity contribution >= 4 is 8.32 Å². The van der Waals surface area contributed by atoms with Crippen LogP contribution in [0, 0.1) is 18.2 Å². The summed E-state index contributed by atoms with van der Waals surface area (Å²) in [5.41, 5.74) is 0.835. The van der Waals surface area contributed by atoms with Gasteiger partial charge in [-0.3, -0.25) is 0 Å². The third kappa shape index (κ3) is 3.21. The summed E-state index contributed by atoms with van der Waals surface area (Å²) in [4.78, 5) is 0. The first-order valence-corrected chi connectivity index (χ1v) is 8.98. The maximum atomic E-state index is 13.9. The van der Waals surface area contributed by atoms with Gasteiger partial charge in [0.25, 0.3) is 0 Å². The molecule has 0 spiro atoms. The van der Waals surface area contributed by atoms with Crippen LogP contribution in [0.4, 0.5) is 4.39 Å². The number of benzene rings is 1. The third-order valence-corrected chi connectivity index (χ3v) is 8.11. The average molecular weight is 264 g/mol. The molecule has 1 aromatic rings. The second kappa shape index (κ2) is 5.25. The number of halogens is 1. The van der Waals surface area contributed by atoms with E-state index in [0.717, 1.165) is 0 Å². The van der Waals surface area contributed by atoms with E-state index >= 15 is 0 Å². The first-order chi connectivity index (χ1) is 8.19. The molecule has 0 N–H and O–H groups in total. The molecule has 0 heterocycles. The van der Waals surface area contributed by atoms with Crippen LogP contribution in [0.15, 0.2) is 18.2 Å². The smallest absolute Gasteiger partial charge is 0.192 e. The van der Waals surface area contributed by atoms with E-state index < -0.39 is 8.32 Å². The van der Waals surface area contributed by atoms with Gasteiger partial charge < -0.3 is 4.43 Å². The van der Waals surface area contributed by atoms with Crippen LogP contribution in [0.5, 0.6) is 0 Å². The van der Waals surface area contributed by atoms with Crippen LogP contribution in [0.3, 0.4) is 0 Å². The molecule has 0 unspecified atom stereocenters. The molecule has 0 saturated carbocycles. The molecule has 0 aliphatic rings. The van der Waals surface area contributed by atoms with Gasteiger partial charge in [-0.2, -0.15) is 0 Å². The summed E-state index contributed by atoms with van der Waals surface area (Å²) in [7, 11) is -1.86. The lowest BCUT2D eigenvalue weighted by Crippen LogP contribution is -2.40. The van der Waals surface area contributed by atoms with Crippen LogP contribution in [0.25, 0.3) is 0 Å². The lowest BCUT2D eigenvalue weighted by molar-refractivity contribution is 0.271. The number of rotatable bonds is 3. The Morgan fingerprint density at radius 3 is 2.44 bits per heavy atom. The Morgan fingerprint density at radius 1 is 1.33 bits per heavy atom. The molecule has 1 rings (SSSR count). The normalized spacial score (nSPS) is 12.3. The van der Waals surface area contributed by atoms with Crippen molar-refractivity contribution in [3.63, 3.8) is 0 Å². The molecule has 1 aromatic carbocycles. The average Bonchev–Trinajstić information content (AvgIpc) is 2.26. The highest BCUT2D eigenvalue weighted by atomic mass is 28.4. The molecule has 1 nitrogen and oxygen atoms in total. The van der Waals surface area contributed by atoms with E-state index in [-0.39, 0.29) is 17.5 Å². The molecule has 0 aromatic heterocycles. The van der Waals surface area contributed by atoms with Gasteiger partial charge >= 0.3 is 0 Å². The van der Waals surface area contributed by atoms with Crippen molar-refractivity contribution in [3.8, 4) is 12.3 Å². The van der Waals surface area contributed by atoms with Gasteiger partial charge in [-0.1, -0.05) is 38.8 Å². The summed E-state index contributed by atoms with van der Waals surface area (Å²) in [5.74, 6) is 2.01. The zero-order valence-electron chi connectivity index (χ0n) is 11.8. The monoisotopic (exact) mass is 264 g/mol. The fourth-order valence-electron chi connectivity index (χ4n) is 1.28. The molecule has 0 amide bonds. The molecular weight excluding hydrogens is 243 g/mol. The highest BCUT2D eigenvalue weighted by Gasteiger charge is 2.37. The summed E-state index contributed by atoms with van der Waals surface area (Å²) in [6, 6.07) is 5.09. The van der Waals surface area contributed by atoms with Gasteiger partial charge in [0.15, 0.2) is 8.32 Å². The quantitative estimate of drug-likeness (QED) is 0.583. The summed E-state index contributed by atoms with van der Waals surface area (Å²) >= 11 is 0. The molecule has 3 heteroatoms. The lowest BCUT2D eigenvalue weighted by atomic mass is 10.1. The zero-order chi connectivity index (χ0) is 14.0. The van der Waals surface area contributed by atoms with Crippen LogP contribution in [0.1, 0.15) is 31.9 Å². The zero-order valence-corrected chi connectivity index (χ0v) is 12.8. The summed E-state index contributed by atoms with van der Waals surface area (Å²) in [6.45, 7) is 11.1. The molecule has 0 bridgehead atoms. The van der Waals surface area contributed by atoms with Crippen molar-refractivity contribution in [3.05, 3.63) is 35.1 Å². The molecule has 98 valence electrons. The second-order valence-corrected chi connectivity index (χ2v) is 10.8. The van der Waals surface area contributed by atoms with E-state index in [1.807, 2.05) is 0 Å². The third-order valence-electron chi connectivity index (χ3n) is 3.63. The first kappa shape index (κ1) is 14.9. The Morgan fingerprint density at radius 2 is 1.94 bits per heavy atom. The van der Waals surface area contributed by atoms with Crippen molar-refractivity contribution in [1.29, 1.82) is 0 Å². The van der Waals surface area contributed by atoms with E-state index in [9.17, 15) is 4.39 Å². The number of hydrogen-bond donors (Lipinski definition) is 0. The highest BCUT2D eigenvalue weighted by Crippen LogP contribution is 2.37. The maximum absolute atomic E-state index is 13.9. The van der Waals surface area contributed by atoms with Crippen molar-refractivity contribution in [1.82, 2.24) is 0 Å². The molecule has 0 aliphatic carbocycles. The van der Waals surface area contributed by atoms with E-state index in [0.29, 0.717) is 11.1 Å². The van der Waals surface area contributed by atoms with E-state index in [2.05, 4.69) is 39.8 Å². The molecular formula is C15H21FOSi. The fraction of sp³-hybridized carbons (Fsp3) is 0.467. The predicted octanol–water partition coefficient (Wildman–Crippen LogP) is 4.33. The van der Waals surface area contributed by atoms with Crippen molar-refractivity contribution in [2.45, 2.75) is 45.5 Å². The summed E-state index contributed by atoms with van der Waals surface area (Å²) < 4.78 is 19.9. The van der Waals surface area contributed by atoms with E-state index in [1.54, 1.807) is 18.2 Å². The fourth-order valence-corrected chi connectivity index (χ4v) is 2.23. The van der Waals surface area contributed by atoms with Crippen LogP contribution in [0.2, 0.25) is 18.1 Å².